The van der Waals surface area contributed by atoms with Crippen LogP contribution in [0.1, 0.15) is 20.8 Å². The number of carbonyl (C=O) groups is 2. The first-order valence-electron chi connectivity index (χ1n) is 5.41. The normalized spacial score (nSPS) is 10.0. The van der Waals surface area contributed by atoms with E-state index in [4.69, 9.17) is 5.11 Å². The number of aromatic amines is 1. The van der Waals surface area contributed by atoms with Crippen LogP contribution in [0.15, 0.2) is 35.1 Å². The molecule has 0 fully saturated rings. The largest absolute Gasteiger partial charge is 0.505 e. The fourth-order valence-electron chi connectivity index (χ4n) is 1.47. The van der Waals surface area contributed by atoms with Gasteiger partial charge in [-0.15, -0.1) is 0 Å². The molecule has 0 bridgehead atoms. The van der Waals surface area contributed by atoms with Crippen molar-refractivity contribution in [3.05, 3.63) is 51.9 Å². The summed E-state index contributed by atoms with van der Waals surface area (Å²) in [5.41, 5.74) is -0.942. The highest BCUT2D eigenvalue weighted by Crippen LogP contribution is 2.27. The first kappa shape index (κ1) is 13.3. The van der Waals surface area contributed by atoms with Gasteiger partial charge in [-0.3, -0.25) is 9.59 Å². The number of carbonyl (C=O) groups excluding carboxylic acids is 1. The highest BCUT2D eigenvalue weighted by atomic mass is 16.4. The van der Waals surface area contributed by atoms with Crippen molar-refractivity contribution in [3.8, 4) is 5.75 Å². The van der Waals surface area contributed by atoms with Gasteiger partial charge in [0.25, 0.3) is 11.5 Å². The number of carboxylic acids is 1. The molecule has 0 aliphatic carbocycles. The van der Waals surface area contributed by atoms with Crippen molar-refractivity contribution in [2.24, 2.45) is 0 Å². The van der Waals surface area contributed by atoms with Crippen molar-refractivity contribution in [2.45, 2.75) is 0 Å². The number of nitrogens with one attached hydrogen (secondary N) is 2. The van der Waals surface area contributed by atoms with Crippen LogP contribution in [0.25, 0.3) is 0 Å². The lowest BCUT2D eigenvalue weighted by Gasteiger charge is -2.08. The molecule has 0 atom stereocenters. The van der Waals surface area contributed by atoms with Crippen molar-refractivity contribution in [1.82, 2.24) is 10.2 Å². The van der Waals surface area contributed by atoms with Crippen molar-refractivity contribution in [2.75, 3.05) is 5.32 Å². The number of aromatic carboxylic acids is 1. The van der Waals surface area contributed by atoms with E-state index in [2.05, 4.69) is 15.5 Å². The minimum Gasteiger partial charge on any atom is -0.505 e. The number of H-pyrrole nitrogens is 1. The zero-order valence-electron chi connectivity index (χ0n) is 9.95. The maximum absolute atomic E-state index is 11.8. The number of para-hydroxylation sites is 1. The zero-order valence-corrected chi connectivity index (χ0v) is 9.95. The summed E-state index contributed by atoms with van der Waals surface area (Å²) in [5.74, 6) is -2.57. The molecule has 2 aromatic rings. The quantitative estimate of drug-likeness (QED) is 0.600. The maximum Gasteiger partial charge on any atom is 0.339 e. The molecule has 0 saturated carbocycles. The second-order valence-corrected chi connectivity index (χ2v) is 3.77. The number of hydrogen-bond donors (Lipinski definition) is 4. The number of carboxylic acid groups (broad SMARTS) is 1. The van der Waals surface area contributed by atoms with E-state index in [9.17, 15) is 19.5 Å². The smallest absolute Gasteiger partial charge is 0.339 e. The van der Waals surface area contributed by atoms with Crippen molar-refractivity contribution in [3.63, 3.8) is 0 Å². The van der Waals surface area contributed by atoms with Gasteiger partial charge in [-0.05, 0) is 18.2 Å². The average Bonchev–Trinajstić information content (AvgIpc) is 2.41. The number of anilines is 1. The monoisotopic (exact) mass is 275 g/mol. The van der Waals surface area contributed by atoms with Crippen LogP contribution in [-0.2, 0) is 0 Å². The van der Waals surface area contributed by atoms with Gasteiger partial charge in [0.15, 0.2) is 5.75 Å². The summed E-state index contributed by atoms with van der Waals surface area (Å²) in [4.78, 5) is 33.5. The van der Waals surface area contributed by atoms with E-state index in [-0.39, 0.29) is 16.9 Å². The van der Waals surface area contributed by atoms with Crippen LogP contribution in [0.3, 0.4) is 0 Å². The molecular weight excluding hydrogens is 266 g/mol. The summed E-state index contributed by atoms with van der Waals surface area (Å²) in [6.07, 6.45) is 0. The number of rotatable bonds is 3. The Hall–Kier alpha value is -3.16. The van der Waals surface area contributed by atoms with Crippen LogP contribution >= 0.6 is 0 Å². The lowest BCUT2D eigenvalue weighted by Crippen LogP contribution is -2.17. The molecule has 20 heavy (non-hydrogen) atoms. The lowest BCUT2D eigenvalue weighted by atomic mass is 10.1. The van der Waals surface area contributed by atoms with E-state index in [0.29, 0.717) is 0 Å². The van der Waals surface area contributed by atoms with E-state index in [1.807, 2.05) is 0 Å². The molecule has 102 valence electrons. The van der Waals surface area contributed by atoms with Gasteiger partial charge in [0.1, 0.15) is 11.3 Å². The van der Waals surface area contributed by atoms with Crippen LogP contribution in [0.5, 0.6) is 5.75 Å². The number of nitrogens with zero attached hydrogens (tertiary/aromatic N) is 1. The van der Waals surface area contributed by atoms with Gasteiger partial charge in [0.2, 0.25) is 0 Å². The van der Waals surface area contributed by atoms with E-state index >= 15 is 0 Å². The first-order chi connectivity index (χ1) is 9.49. The number of aromatic nitrogens is 2. The van der Waals surface area contributed by atoms with E-state index < -0.39 is 23.2 Å². The molecule has 1 aromatic carbocycles. The van der Waals surface area contributed by atoms with Gasteiger partial charge >= 0.3 is 5.97 Å². The topological polar surface area (TPSA) is 132 Å². The van der Waals surface area contributed by atoms with Crippen LogP contribution < -0.4 is 10.9 Å². The average molecular weight is 275 g/mol. The van der Waals surface area contributed by atoms with E-state index in [1.54, 1.807) is 0 Å². The van der Waals surface area contributed by atoms with Crippen LogP contribution in [0.2, 0.25) is 0 Å². The Morgan fingerprint density at radius 3 is 2.55 bits per heavy atom. The highest BCUT2D eigenvalue weighted by molar-refractivity contribution is 6.05. The van der Waals surface area contributed by atoms with Gasteiger partial charge in [-0.2, -0.15) is 5.10 Å². The molecule has 0 aliphatic heterocycles. The molecule has 4 N–H and O–H groups in total. The third-order valence-corrected chi connectivity index (χ3v) is 2.43. The highest BCUT2D eigenvalue weighted by Gasteiger charge is 2.15. The Kier molecular flexibility index (Phi) is 3.47. The second-order valence-electron chi connectivity index (χ2n) is 3.77. The molecule has 0 saturated heterocycles. The van der Waals surface area contributed by atoms with Gasteiger partial charge in [0, 0.05) is 6.07 Å². The fourth-order valence-corrected chi connectivity index (χ4v) is 1.47. The first-order valence-corrected chi connectivity index (χ1v) is 5.41. The van der Waals surface area contributed by atoms with Gasteiger partial charge in [-0.25, -0.2) is 9.89 Å². The zero-order chi connectivity index (χ0) is 14.7. The van der Waals surface area contributed by atoms with Crippen molar-refractivity contribution >= 4 is 17.6 Å². The Balaban J connectivity index is 2.28. The van der Waals surface area contributed by atoms with Crippen molar-refractivity contribution in [1.29, 1.82) is 0 Å². The predicted octanol–water partition coefficient (Wildman–Crippen LogP) is 0.426. The molecule has 8 heteroatoms. The summed E-state index contributed by atoms with van der Waals surface area (Å²) >= 11 is 0. The molecule has 8 nitrogen and oxygen atoms in total. The molecule has 2 rings (SSSR count). The molecule has 0 radical (unpaired) electrons. The van der Waals surface area contributed by atoms with E-state index in [0.717, 1.165) is 6.07 Å². The van der Waals surface area contributed by atoms with Crippen LogP contribution in [0.4, 0.5) is 5.69 Å². The number of phenols is 1. The van der Waals surface area contributed by atoms with Gasteiger partial charge in [-0.1, -0.05) is 6.07 Å². The summed E-state index contributed by atoms with van der Waals surface area (Å²) in [7, 11) is 0. The molecular formula is C12H9N3O5. The fraction of sp³-hybridized carbons (Fsp3) is 0. The van der Waals surface area contributed by atoms with Crippen molar-refractivity contribution < 1.29 is 19.8 Å². The lowest BCUT2D eigenvalue weighted by molar-refractivity contribution is 0.0693. The number of benzene rings is 1. The molecule has 0 aliphatic rings. The number of aromatic hydroxyl groups is 1. The predicted molar refractivity (Wildman–Crippen MR) is 67.9 cm³/mol. The molecule has 1 heterocycles. The summed E-state index contributed by atoms with van der Waals surface area (Å²) in [6, 6.07) is 6.23. The second kappa shape index (κ2) is 5.22. The number of hydrogen-bond acceptors (Lipinski definition) is 5. The Morgan fingerprint density at radius 1 is 1.20 bits per heavy atom. The van der Waals surface area contributed by atoms with Gasteiger partial charge in [0.05, 0.1) is 5.69 Å². The van der Waals surface area contributed by atoms with Crippen LogP contribution in [0, 0.1) is 0 Å². The summed E-state index contributed by atoms with van der Waals surface area (Å²) in [6.45, 7) is 0. The van der Waals surface area contributed by atoms with E-state index in [1.165, 1.54) is 24.3 Å². The Labute approximate surface area is 111 Å². The molecule has 1 amide bonds. The maximum atomic E-state index is 11.8. The summed E-state index contributed by atoms with van der Waals surface area (Å²) < 4.78 is 0. The SMILES string of the molecule is O=C(Nc1cccc(C(=O)O)c1O)c1ccc(=O)[nH]n1. The Morgan fingerprint density at radius 2 is 1.95 bits per heavy atom. The minimum absolute atomic E-state index is 0.0668. The van der Waals surface area contributed by atoms with Gasteiger partial charge < -0.3 is 15.5 Å². The molecule has 0 spiro atoms. The minimum atomic E-state index is -1.32. The third kappa shape index (κ3) is 2.64. The Bertz CT molecular complexity index is 718. The molecule has 1 aromatic heterocycles. The number of amides is 1. The summed E-state index contributed by atoms with van der Waals surface area (Å²) in [5, 5.41) is 26.5. The third-order valence-electron chi connectivity index (χ3n) is 2.43. The molecule has 0 unspecified atom stereocenters. The standard InChI is InChI=1S/C12H9N3O5/c16-9-5-4-8(14-15-9)11(18)13-7-3-1-2-6(10(7)17)12(19)20/h1-5,17H,(H,13,18)(H,15,16)(H,19,20). The van der Waals surface area contributed by atoms with Crippen LogP contribution in [-0.4, -0.2) is 32.3 Å².